The fourth-order valence-electron chi connectivity index (χ4n) is 2.92. The van der Waals surface area contributed by atoms with Gasteiger partial charge in [-0.15, -0.1) is 11.3 Å². The number of hydrogen-bond acceptors (Lipinski definition) is 4. The second-order valence-electron chi connectivity index (χ2n) is 5.59. The van der Waals surface area contributed by atoms with E-state index in [-0.39, 0.29) is 17.7 Å². The van der Waals surface area contributed by atoms with Crippen molar-refractivity contribution in [3.63, 3.8) is 0 Å². The molecule has 0 unspecified atom stereocenters. The standard InChI is InChI=1S/C15H20N4OS/c1-18(10-12-4-3-5-21-12)15(20)14-8-16-7-13(14)11-6-17-19(2)9-11/h3-6,9,13-14,16H,7-8,10H2,1-2H3/t13-,14+/m1/s1. The molecule has 2 aromatic rings. The fourth-order valence-corrected chi connectivity index (χ4v) is 3.67. The number of aryl methyl sites for hydroxylation is 1. The number of nitrogens with zero attached hydrogens (tertiary/aromatic N) is 3. The Morgan fingerprint density at radius 1 is 1.57 bits per heavy atom. The maximum absolute atomic E-state index is 12.7. The van der Waals surface area contributed by atoms with Gasteiger partial charge in [0.25, 0.3) is 0 Å². The van der Waals surface area contributed by atoms with Crippen molar-refractivity contribution in [2.24, 2.45) is 13.0 Å². The maximum Gasteiger partial charge on any atom is 0.227 e. The number of amides is 1. The molecular formula is C15H20N4OS. The molecule has 0 bridgehead atoms. The van der Waals surface area contributed by atoms with E-state index in [1.165, 1.54) is 4.88 Å². The Hall–Kier alpha value is -1.66. The predicted octanol–water partition coefficient (Wildman–Crippen LogP) is 1.44. The average molecular weight is 304 g/mol. The molecule has 5 nitrogen and oxygen atoms in total. The molecule has 21 heavy (non-hydrogen) atoms. The highest BCUT2D eigenvalue weighted by Crippen LogP contribution is 2.29. The van der Waals surface area contributed by atoms with Crippen LogP contribution in [0.2, 0.25) is 0 Å². The van der Waals surface area contributed by atoms with Crippen LogP contribution in [0.3, 0.4) is 0 Å². The molecule has 0 radical (unpaired) electrons. The van der Waals surface area contributed by atoms with E-state index < -0.39 is 0 Å². The molecule has 1 saturated heterocycles. The van der Waals surface area contributed by atoms with Crippen molar-refractivity contribution in [1.29, 1.82) is 0 Å². The lowest BCUT2D eigenvalue weighted by Gasteiger charge is -2.23. The minimum Gasteiger partial charge on any atom is -0.340 e. The summed E-state index contributed by atoms with van der Waals surface area (Å²) in [5.74, 6) is 0.429. The molecule has 3 heterocycles. The van der Waals surface area contributed by atoms with Gasteiger partial charge >= 0.3 is 0 Å². The zero-order valence-corrected chi connectivity index (χ0v) is 13.1. The molecular weight excluding hydrogens is 284 g/mol. The fraction of sp³-hybridized carbons (Fsp3) is 0.467. The first-order valence-corrected chi connectivity index (χ1v) is 7.99. The molecule has 2 atom stereocenters. The Balaban J connectivity index is 1.70. The second kappa shape index (κ2) is 5.99. The molecule has 112 valence electrons. The van der Waals surface area contributed by atoms with Crippen molar-refractivity contribution in [2.75, 3.05) is 20.1 Å². The average Bonchev–Trinajstić information content (AvgIpc) is 3.17. The Morgan fingerprint density at radius 2 is 2.43 bits per heavy atom. The van der Waals surface area contributed by atoms with Crippen LogP contribution >= 0.6 is 11.3 Å². The second-order valence-corrected chi connectivity index (χ2v) is 6.62. The summed E-state index contributed by atoms with van der Waals surface area (Å²) in [7, 11) is 3.80. The van der Waals surface area contributed by atoms with E-state index in [0.717, 1.165) is 18.7 Å². The van der Waals surface area contributed by atoms with Crippen LogP contribution in [0.5, 0.6) is 0 Å². The minimum atomic E-state index is -0.000776. The largest absolute Gasteiger partial charge is 0.340 e. The number of thiophene rings is 1. The van der Waals surface area contributed by atoms with Gasteiger partial charge in [0.15, 0.2) is 0 Å². The third-order valence-corrected chi connectivity index (χ3v) is 4.89. The van der Waals surface area contributed by atoms with Gasteiger partial charge in [0.2, 0.25) is 5.91 Å². The van der Waals surface area contributed by atoms with Crippen LogP contribution in [0.15, 0.2) is 29.9 Å². The van der Waals surface area contributed by atoms with E-state index >= 15 is 0 Å². The highest BCUT2D eigenvalue weighted by Gasteiger charge is 2.36. The summed E-state index contributed by atoms with van der Waals surface area (Å²) in [4.78, 5) is 15.8. The third kappa shape index (κ3) is 3.01. The van der Waals surface area contributed by atoms with Crippen LogP contribution in [0.4, 0.5) is 0 Å². The van der Waals surface area contributed by atoms with Gasteiger partial charge in [-0.3, -0.25) is 9.48 Å². The van der Waals surface area contributed by atoms with Crippen molar-refractivity contribution in [1.82, 2.24) is 20.0 Å². The molecule has 1 aliphatic rings. The summed E-state index contributed by atoms with van der Waals surface area (Å²) in [6.07, 6.45) is 3.88. The third-order valence-electron chi connectivity index (χ3n) is 4.03. The normalized spacial score (nSPS) is 21.6. The van der Waals surface area contributed by atoms with Gasteiger partial charge in [0, 0.05) is 44.2 Å². The minimum absolute atomic E-state index is 0.000776. The number of nitrogens with one attached hydrogen (secondary N) is 1. The van der Waals surface area contributed by atoms with Gasteiger partial charge in [0.05, 0.1) is 18.7 Å². The predicted molar refractivity (Wildman–Crippen MR) is 83.1 cm³/mol. The number of carbonyl (C=O) groups is 1. The molecule has 2 aromatic heterocycles. The van der Waals surface area contributed by atoms with E-state index in [0.29, 0.717) is 6.54 Å². The highest BCUT2D eigenvalue weighted by molar-refractivity contribution is 7.09. The lowest BCUT2D eigenvalue weighted by atomic mass is 9.90. The Kier molecular flexibility index (Phi) is 4.07. The quantitative estimate of drug-likeness (QED) is 0.930. The Labute approximate surface area is 128 Å². The van der Waals surface area contributed by atoms with E-state index in [1.54, 1.807) is 16.0 Å². The molecule has 0 spiro atoms. The van der Waals surface area contributed by atoms with Crippen LogP contribution in [0.1, 0.15) is 16.4 Å². The molecule has 1 fully saturated rings. The van der Waals surface area contributed by atoms with Crippen molar-refractivity contribution in [3.8, 4) is 0 Å². The topological polar surface area (TPSA) is 50.2 Å². The van der Waals surface area contributed by atoms with E-state index in [1.807, 2.05) is 42.8 Å². The molecule has 6 heteroatoms. The summed E-state index contributed by atoms with van der Waals surface area (Å²) in [6.45, 7) is 2.27. The molecule has 3 rings (SSSR count). The van der Waals surface area contributed by atoms with Crippen molar-refractivity contribution in [2.45, 2.75) is 12.5 Å². The summed E-state index contributed by atoms with van der Waals surface area (Å²) in [5.41, 5.74) is 1.14. The van der Waals surface area contributed by atoms with Crippen LogP contribution in [-0.2, 0) is 18.4 Å². The van der Waals surface area contributed by atoms with Crippen molar-refractivity contribution >= 4 is 17.2 Å². The van der Waals surface area contributed by atoms with Crippen LogP contribution in [-0.4, -0.2) is 40.7 Å². The van der Waals surface area contributed by atoms with E-state index in [4.69, 9.17) is 0 Å². The number of carbonyl (C=O) groups excluding carboxylic acids is 1. The van der Waals surface area contributed by atoms with E-state index in [9.17, 15) is 4.79 Å². The number of hydrogen-bond donors (Lipinski definition) is 1. The summed E-state index contributed by atoms with van der Waals surface area (Å²) in [5, 5.41) is 9.61. The van der Waals surface area contributed by atoms with Crippen molar-refractivity contribution < 1.29 is 4.79 Å². The summed E-state index contributed by atoms with van der Waals surface area (Å²) < 4.78 is 1.80. The van der Waals surface area contributed by atoms with E-state index in [2.05, 4.69) is 16.5 Å². The Bertz CT molecular complexity index is 607. The summed E-state index contributed by atoms with van der Waals surface area (Å²) in [6, 6.07) is 4.09. The SMILES string of the molecule is CN(Cc1cccs1)C(=O)[C@H]1CNC[C@@H]1c1cnn(C)c1. The first-order valence-electron chi connectivity index (χ1n) is 7.12. The molecule has 0 saturated carbocycles. The lowest BCUT2D eigenvalue weighted by molar-refractivity contribution is -0.134. The smallest absolute Gasteiger partial charge is 0.227 e. The maximum atomic E-state index is 12.7. The number of aromatic nitrogens is 2. The first kappa shape index (κ1) is 14.3. The first-order chi connectivity index (χ1) is 10.1. The van der Waals surface area contributed by atoms with Gasteiger partial charge in [-0.05, 0) is 17.0 Å². The number of rotatable bonds is 4. The monoisotopic (exact) mass is 304 g/mol. The summed E-state index contributed by atoms with van der Waals surface area (Å²) >= 11 is 1.69. The van der Waals surface area contributed by atoms with Gasteiger partial charge in [-0.1, -0.05) is 6.07 Å². The molecule has 1 aliphatic heterocycles. The van der Waals surface area contributed by atoms with Crippen LogP contribution < -0.4 is 5.32 Å². The van der Waals surface area contributed by atoms with Crippen molar-refractivity contribution in [3.05, 3.63) is 40.3 Å². The lowest BCUT2D eigenvalue weighted by Crippen LogP contribution is -2.35. The molecule has 0 aliphatic carbocycles. The van der Waals surface area contributed by atoms with Gasteiger partial charge in [-0.2, -0.15) is 5.10 Å². The van der Waals surface area contributed by atoms with Crippen LogP contribution in [0.25, 0.3) is 0 Å². The zero-order chi connectivity index (χ0) is 14.8. The van der Waals surface area contributed by atoms with Crippen LogP contribution in [0, 0.1) is 5.92 Å². The molecule has 1 amide bonds. The van der Waals surface area contributed by atoms with Gasteiger partial charge < -0.3 is 10.2 Å². The van der Waals surface area contributed by atoms with Gasteiger partial charge in [0.1, 0.15) is 0 Å². The van der Waals surface area contributed by atoms with Gasteiger partial charge in [-0.25, -0.2) is 0 Å². The molecule has 0 aromatic carbocycles. The molecule has 1 N–H and O–H groups in total. The Morgan fingerprint density at radius 3 is 3.10 bits per heavy atom. The zero-order valence-electron chi connectivity index (χ0n) is 12.3. The highest BCUT2D eigenvalue weighted by atomic mass is 32.1.